The van der Waals surface area contributed by atoms with E-state index >= 15 is 0 Å². The van der Waals surface area contributed by atoms with E-state index in [1.54, 1.807) is 0 Å². The van der Waals surface area contributed by atoms with Gasteiger partial charge < -0.3 is 0 Å². The van der Waals surface area contributed by atoms with E-state index in [4.69, 9.17) is 0 Å². The average molecular weight is 1520 g/mol. The van der Waals surface area contributed by atoms with Crippen molar-refractivity contribution in [1.82, 2.24) is 0 Å². The van der Waals surface area contributed by atoms with Crippen molar-refractivity contribution in [3.05, 3.63) is 309 Å². The summed E-state index contributed by atoms with van der Waals surface area (Å²) in [6.07, 6.45) is 13.8. The fraction of sp³-hybridized carbons (Fsp3) is 0.182. The van der Waals surface area contributed by atoms with Crippen LogP contribution in [-0.4, -0.2) is 13.3 Å². The maximum atomic E-state index is 9.72. The molecule has 0 N–H and O–H groups in total. The van der Waals surface area contributed by atoms with Gasteiger partial charge in [-0.1, -0.05) is 0 Å². The van der Waals surface area contributed by atoms with Gasteiger partial charge in [0.1, 0.15) is 0 Å². The average Bonchev–Trinajstić information content (AvgIpc) is 1.33. The Morgan fingerprint density at radius 2 is 0.469 bits per heavy atom. The maximum absolute atomic E-state index is 9.72. The number of fused-ring (bicyclic) bond motifs is 8. The van der Waals surface area contributed by atoms with Crippen LogP contribution in [-0.2, 0) is 28.1 Å². The molecule has 4 aliphatic carbocycles. The molecule has 0 bridgehead atoms. The Labute approximate surface area is 579 Å². The van der Waals surface area contributed by atoms with Gasteiger partial charge in [0.25, 0.3) is 0 Å². The van der Waals surface area contributed by atoms with E-state index in [0.29, 0.717) is 0 Å². The van der Waals surface area contributed by atoms with Gasteiger partial charge in [0, 0.05) is 0 Å². The Hall–Kier alpha value is -6.00. The monoisotopic (exact) mass is 1510 g/mol. The van der Waals surface area contributed by atoms with Crippen LogP contribution in [0.15, 0.2) is 265 Å². The molecule has 4 atom stereocenters. The zero-order valence-corrected chi connectivity index (χ0v) is 66.6. The number of rotatable bonds is 17. The number of allylic oxidation sites excluding steroid dienone is 4. The topological polar surface area (TPSA) is 0 Å². The van der Waals surface area contributed by atoms with Crippen LogP contribution in [0.4, 0.5) is 0 Å². The zero-order valence-electron chi connectivity index (χ0n) is 55.9. The van der Waals surface area contributed by atoms with Crippen LogP contribution in [0.2, 0.25) is 21.4 Å². The van der Waals surface area contributed by atoms with Crippen molar-refractivity contribution in [2.75, 3.05) is 0 Å². The second-order valence-electron chi connectivity index (χ2n) is 29.8. The molecule has 0 radical (unpaired) electrons. The predicted molar refractivity (Wildman–Crippen MR) is 423 cm³/mol. The third-order valence-corrected chi connectivity index (χ3v) is 135. The number of hydrogen-bond acceptors (Lipinski definition) is 0. The normalized spacial score (nSPS) is 19.1. The molecular formula is C88H82Cl4Si2Zr2. The molecule has 0 heterocycles. The summed E-state index contributed by atoms with van der Waals surface area (Å²) in [5, 5.41) is 9.98. The quantitative estimate of drug-likeness (QED) is 0.0630. The summed E-state index contributed by atoms with van der Waals surface area (Å²) in [7, 11) is 38.9. The van der Waals surface area contributed by atoms with Crippen LogP contribution in [0.25, 0.3) is 112 Å². The predicted octanol–water partition coefficient (Wildman–Crippen LogP) is 26.6. The van der Waals surface area contributed by atoms with Crippen LogP contribution < -0.4 is 0 Å². The first-order valence-corrected chi connectivity index (χ1v) is 71.6. The fourth-order valence-electron chi connectivity index (χ4n) is 20.8. The van der Waals surface area contributed by atoms with Gasteiger partial charge in [-0.3, -0.25) is 0 Å². The van der Waals surface area contributed by atoms with Gasteiger partial charge in [0.2, 0.25) is 0 Å². The minimum absolute atomic E-state index is 0.0877. The van der Waals surface area contributed by atoms with Crippen molar-refractivity contribution >= 4 is 115 Å². The van der Waals surface area contributed by atoms with Gasteiger partial charge in [-0.2, -0.15) is 0 Å². The fourth-order valence-corrected chi connectivity index (χ4v) is 107. The van der Waals surface area contributed by atoms with E-state index in [0.717, 1.165) is 33.9 Å². The molecule has 12 aromatic rings. The number of halogens is 4. The Morgan fingerprint density at radius 1 is 0.260 bits per heavy atom. The molecule has 16 rings (SSSR count). The molecular weight excluding hydrogens is 1440 g/mol. The van der Waals surface area contributed by atoms with Crippen LogP contribution in [0, 0.1) is 0 Å². The van der Waals surface area contributed by atoms with Crippen molar-refractivity contribution in [3.63, 3.8) is 0 Å². The van der Waals surface area contributed by atoms with E-state index in [9.17, 15) is 34.1 Å². The Bertz CT molecular complexity index is 4770. The van der Waals surface area contributed by atoms with E-state index in [-0.39, 0.29) is 14.5 Å². The molecule has 4 unspecified atom stereocenters. The van der Waals surface area contributed by atoms with Crippen molar-refractivity contribution in [2.45, 2.75) is 89.2 Å². The Balaban J connectivity index is 0.809. The summed E-state index contributed by atoms with van der Waals surface area (Å²) in [6, 6.07) is 90.3. The van der Waals surface area contributed by atoms with Crippen LogP contribution in [0.1, 0.15) is 112 Å². The molecule has 8 heteroatoms. The van der Waals surface area contributed by atoms with Gasteiger partial charge in [-0.25, -0.2) is 0 Å². The first kappa shape index (κ1) is 64.7. The van der Waals surface area contributed by atoms with Crippen LogP contribution >= 0.6 is 34.1 Å². The molecule has 0 saturated carbocycles. The third kappa shape index (κ3) is 9.63. The SMILES string of the molecule is C[SiH2][Zr]([Cl])([Cl])([CH2]CCCC[CH2][Zr]([Cl])([Cl])([SiH2]C)([CH]1C(C)=Cc2c(-c3cccc4ccccc34)cccc21)[CH]1C(C)=Cc2c(-c3cccc4ccccc34)cccc21)([CH]1C(C)=Cc2c(-c3cccc4ccccc34)cccc21)[CH]1C(C)=Cc2c(-c3cccc4ccccc34)cccc21. The van der Waals surface area contributed by atoms with Gasteiger partial charge >= 0.3 is 586 Å². The molecule has 0 aromatic heterocycles. The number of hydrogen-bond donors (Lipinski definition) is 0. The van der Waals surface area contributed by atoms with Crippen molar-refractivity contribution in [2.24, 2.45) is 0 Å². The minimum atomic E-state index is -5.99. The van der Waals surface area contributed by atoms with Crippen molar-refractivity contribution in [1.29, 1.82) is 0 Å². The standard InChI is InChI=1S/4C20H15.C6H12.2CH5Si.4ClH.2Zr/c4*1-14-12-16-8-5-11-19(20(16)13-14)18-10-4-7-15-6-2-3-9-17(15)18;1-3-5-6-4-2;2*1-2;;;;;;/h4*2-13H,1H3;1-6H2;2*2H2,1H3;4*1H;;/q;;;;;;;;;;;2*+2/p-4. The molecule has 96 heavy (non-hydrogen) atoms. The van der Waals surface area contributed by atoms with Crippen LogP contribution in [0.3, 0.4) is 0 Å². The molecule has 0 saturated heterocycles. The van der Waals surface area contributed by atoms with E-state index in [2.05, 4.69) is 308 Å². The zero-order chi connectivity index (χ0) is 66.1. The second-order valence-corrected chi connectivity index (χ2v) is 136. The van der Waals surface area contributed by atoms with Crippen molar-refractivity contribution in [3.8, 4) is 44.5 Å². The molecule has 0 nitrogen and oxygen atoms in total. The van der Waals surface area contributed by atoms with E-state index < -0.39 is 41.4 Å². The first-order valence-electron chi connectivity index (χ1n) is 35.1. The van der Waals surface area contributed by atoms with E-state index in [1.165, 1.54) is 154 Å². The Kier molecular flexibility index (Phi) is 15.7. The molecule has 0 aliphatic heterocycles. The second kappa shape index (κ2) is 23.3. The molecule has 0 fully saturated rings. The van der Waals surface area contributed by atoms with E-state index in [1.807, 2.05) is 0 Å². The molecule has 478 valence electrons. The summed E-state index contributed by atoms with van der Waals surface area (Å²) in [5.74, 6) is 0. The summed E-state index contributed by atoms with van der Waals surface area (Å²) < 4.78 is 1.29. The van der Waals surface area contributed by atoms with Gasteiger partial charge in [-0.15, -0.1) is 0 Å². The third-order valence-electron chi connectivity index (χ3n) is 24.9. The van der Waals surface area contributed by atoms with Crippen LogP contribution in [0.5, 0.6) is 0 Å². The summed E-state index contributed by atoms with van der Waals surface area (Å²) in [5.41, 5.74) is 25.6. The Morgan fingerprint density at radius 3 is 0.708 bits per heavy atom. The van der Waals surface area contributed by atoms with Crippen molar-refractivity contribution < 1.29 is 28.1 Å². The van der Waals surface area contributed by atoms with Gasteiger partial charge in [-0.05, 0) is 0 Å². The number of unbranched alkanes of at least 4 members (excludes halogenated alkanes) is 3. The molecule has 4 aliphatic rings. The first-order chi connectivity index (χ1) is 46.4. The molecule has 12 aromatic carbocycles. The summed E-state index contributed by atoms with van der Waals surface area (Å²) >= 11 is -12.0. The van der Waals surface area contributed by atoms with Gasteiger partial charge in [0.05, 0.1) is 0 Å². The summed E-state index contributed by atoms with van der Waals surface area (Å²) in [6.45, 7) is 12.0. The molecule has 0 spiro atoms. The van der Waals surface area contributed by atoms with Gasteiger partial charge in [0.15, 0.2) is 0 Å². The number of benzene rings is 12. The summed E-state index contributed by atoms with van der Waals surface area (Å²) in [4.78, 5) is 0. The molecule has 0 amide bonds.